The van der Waals surface area contributed by atoms with Crippen LogP contribution in [0.4, 0.5) is 0 Å². The molecule has 3 heteroatoms. The van der Waals surface area contributed by atoms with Crippen LogP contribution in [0, 0.1) is 5.41 Å². The van der Waals surface area contributed by atoms with Gasteiger partial charge in [-0.05, 0) is 31.1 Å². The molecule has 0 aromatic carbocycles. The van der Waals surface area contributed by atoms with E-state index >= 15 is 0 Å². The summed E-state index contributed by atoms with van der Waals surface area (Å²) in [5.41, 5.74) is 6.97. The summed E-state index contributed by atoms with van der Waals surface area (Å²) < 4.78 is 0. The molecule has 1 heterocycles. The van der Waals surface area contributed by atoms with Crippen molar-refractivity contribution in [3.05, 3.63) is 0 Å². The molecule has 3 nitrogen and oxygen atoms in total. The van der Waals surface area contributed by atoms with Crippen LogP contribution in [0.15, 0.2) is 0 Å². The first-order chi connectivity index (χ1) is 10.1. The van der Waals surface area contributed by atoms with Crippen LogP contribution >= 0.6 is 0 Å². The summed E-state index contributed by atoms with van der Waals surface area (Å²) in [5, 5.41) is 0. The molecule has 2 N–H and O–H groups in total. The van der Waals surface area contributed by atoms with Gasteiger partial charge >= 0.3 is 0 Å². The molecule has 1 aliphatic heterocycles. The number of piperazine rings is 1. The SMILES string of the molecule is CC1(C)CCCCC1(CN)N1CCN(C2CCCC2)CC1. The quantitative estimate of drug-likeness (QED) is 0.868. The predicted molar refractivity (Wildman–Crippen MR) is 89.4 cm³/mol. The Kier molecular flexibility index (Phi) is 4.63. The summed E-state index contributed by atoms with van der Waals surface area (Å²) in [7, 11) is 0. The molecule has 0 spiro atoms. The van der Waals surface area contributed by atoms with E-state index in [4.69, 9.17) is 5.73 Å². The van der Waals surface area contributed by atoms with Crippen LogP contribution in [-0.4, -0.2) is 54.1 Å². The first kappa shape index (κ1) is 15.8. The number of hydrogen-bond acceptors (Lipinski definition) is 3. The average molecular weight is 293 g/mol. The van der Waals surface area contributed by atoms with Crippen molar-refractivity contribution < 1.29 is 0 Å². The molecule has 1 atom stereocenters. The Labute approximate surface area is 131 Å². The van der Waals surface area contributed by atoms with Crippen molar-refractivity contribution in [3.8, 4) is 0 Å². The maximum Gasteiger partial charge on any atom is 0.0383 e. The van der Waals surface area contributed by atoms with E-state index in [-0.39, 0.29) is 5.54 Å². The topological polar surface area (TPSA) is 32.5 Å². The lowest BCUT2D eigenvalue weighted by Gasteiger charge is -2.58. The highest BCUT2D eigenvalue weighted by Gasteiger charge is 2.50. The van der Waals surface area contributed by atoms with E-state index in [1.54, 1.807) is 0 Å². The Bertz CT molecular complexity index is 340. The third kappa shape index (κ3) is 2.77. The van der Waals surface area contributed by atoms with Crippen molar-refractivity contribution in [3.63, 3.8) is 0 Å². The highest BCUT2D eigenvalue weighted by molar-refractivity contribution is 5.06. The molecule has 0 aromatic rings. The van der Waals surface area contributed by atoms with Gasteiger partial charge in [-0.1, -0.05) is 39.5 Å². The van der Waals surface area contributed by atoms with E-state index in [0.717, 1.165) is 12.6 Å². The van der Waals surface area contributed by atoms with E-state index in [1.165, 1.54) is 77.5 Å². The molecule has 0 amide bonds. The molecule has 2 saturated carbocycles. The fraction of sp³-hybridized carbons (Fsp3) is 1.00. The molecular formula is C18H35N3. The van der Waals surface area contributed by atoms with Crippen molar-refractivity contribution in [2.45, 2.75) is 76.8 Å². The summed E-state index contributed by atoms with van der Waals surface area (Å²) in [4.78, 5) is 5.54. The van der Waals surface area contributed by atoms with Crippen LogP contribution in [0.25, 0.3) is 0 Å². The van der Waals surface area contributed by atoms with Crippen LogP contribution in [-0.2, 0) is 0 Å². The monoisotopic (exact) mass is 293 g/mol. The number of rotatable bonds is 3. The zero-order valence-electron chi connectivity index (χ0n) is 14.2. The first-order valence-electron chi connectivity index (χ1n) is 9.28. The molecular weight excluding hydrogens is 258 g/mol. The van der Waals surface area contributed by atoms with Gasteiger partial charge in [-0.15, -0.1) is 0 Å². The maximum atomic E-state index is 6.35. The molecule has 0 radical (unpaired) electrons. The Morgan fingerprint density at radius 1 is 0.905 bits per heavy atom. The fourth-order valence-corrected chi connectivity index (χ4v) is 5.43. The van der Waals surface area contributed by atoms with Gasteiger partial charge in [0.25, 0.3) is 0 Å². The third-order valence-corrected chi connectivity index (χ3v) is 7.00. The number of hydrogen-bond donors (Lipinski definition) is 1. The van der Waals surface area contributed by atoms with Crippen LogP contribution in [0.3, 0.4) is 0 Å². The number of nitrogens with two attached hydrogens (primary N) is 1. The second-order valence-corrected chi connectivity index (χ2v) is 8.29. The first-order valence-corrected chi connectivity index (χ1v) is 9.28. The van der Waals surface area contributed by atoms with Gasteiger partial charge in [0, 0.05) is 44.3 Å². The lowest BCUT2D eigenvalue weighted by Crippen LogP contribution is -2.67. The largest absolute Gasteiger partial charge is 0.329 e. The van der Waals surface area contributed by atoms with Crippen LogP contribution in [0.1, 0.15) is 65.2 Å². The summed E-state index contributed by atoms with van der Waals surface area (Å²) >= 11 is 0. The van der Waals surface area contributed by atoms with Crippen LogP contribution in [0.5, 0.6) is 0 Å². The smallest absolute Gasteiger partial charge is 0.0383 e. The molecule has 3 fully saturated rings. The van der Waals surface area contributed by atoms with E-state index in [2.05, 4.69) is 23.6 Å². The maximum absolute atomic E-state index is 6.35. The zero-order chi connectivity index (χ0) is 14.9. The average Bonchev–Trinajstić information content (AvgIpc) is 3.02. The highest BCUT2D eigenvalue weighted by atomic mass is 15.3. The minimum atomic E-state index is 0.257. The Morgan fingerprint density at radius 3 is 2.10 bits per heavy atom. The van der Waals surface area contributed by atoms with Crippen molar-refractivity contribution in [1.29, 1.82) is 0 Å². The Morgan fingerprint density at radius 2 is 1.52 bits per heavy atom. The van der Waals surface area contributed by atoms with Crippen molar-refractivity contribution in [2.24, 2.45) is 11.1 Å². The molecule has 3 aliphatic rings. The molecule has 0 bridgehead atoms. The van der Waals surface area contributed by atoms with Crippen LogP contribution < -0.4 is 5.73 Å². The second kappa shape index (κ2) is 6.17. The summed E-state index contributed by atoms with van der Waals surface area (Å²) in [6, 6.07) is 0.889. The molecule has 21 heavy (non-hydrogen) atoms. The molecule has 1 unspecified atom stereocenters. The zero-order valence-corrected chi connectivity index (χ0v) is 14.2. The minimum Gasteiger partial charge on any atom is -0.329 e. The van der Waals surface area contributed by atoms with Crippen molar-refractivity contribution >= 4 is 0 Å². The van der Waals surface area contributed by atoms with Gasteiger partial charge < -0.3 is 5.73 Å². The van der Waals surface area contributed by atoms with Gasteiger partial charge in [0.05, 0.1) is 0 Å². The lowest BCUT2D eigenvalue weighted by atomic mass is 9.62. The van der Waals surface area contributed by atoms with Crippen LogP contribution in [0.2, 0.25) is 0 Å². The van der Waals surface area contributed by atoms with Gasteiger partial charge in [-0.3, -0.25) is 9.80 Å². The second-order valence-electron chi connectivity index (χ2n) is 8.29. The number of nitrogens with zero attached hydrogens (tertiary/aromatic N) is 2. The molecule has 122 valence electrons. The van der Waals surface area contributed by atoms with Gasteiger partial charge in [0.15, 0.2) is 0 Å². The summed E-state index contributed by atoms with van der Waals surface area (Å²) in [6.07, 6.45) is 11.2. The van der Waals surface area contributed by atoms with Gasteiger partial charge in [0.2, 0.25) is 0 Å². The van der Waals surface area contributed by atoms with E-state index in [0.29, 0.717) is 5.41 Å². The highest BCUT2D eigenvalue weighted by Crippen LogP contribution is 2.47. The van der Waals surface area contributed by atoms with Gasteiger partial charge in [-0.2, -0.15) is 0 Å². The van der Waals surface area contributed by atoms with Gasteiger partial charge in [0.1, 0.15) is 0 Å². The lowest BCUT2D eigenvalue weighted by molar-refractivity contribution is -0.0692. The van der Waals surface area contributed by atoms with E-state index in [9.17, 15) is 0 Å². The normalized spacial score (nSPS) is 36.1. The van der Waals surface area contributed by atoms with E-state index < -0.39 is 0 Å². The van der Waals surface area contributed by atoms with Crippen molar-refractivity contribution in [2.75, 3.05) is 32.7 Å². The fourth-order valence-electron chi connectivity index (χ4n) is 5.43. The predicted octanol–water partition coefficient (Wildman–Crippen LogP) is 2.84. The molecule has 3 rings (SSSR count). The summed E-state index contributed by atoms with van der Waals surface area (Å²) in [6.45, 7) is 10.8. The van der Waals surface area contributed by atoms with Gasteiger partial charge in [-0.25, -0.2) is 0 Å². The molecule has 2 aliphatic carbocycles. The molecule has 0 aromatic heterocycles. The summed E-state index contributed by atoms with van der Waals surface area (Å²) in [5.74, 6) is 0. The minimum absolute atomic E-state index is 0.257. The Balaban J connectivity index is 1.66. The molecule has 1 saturated heterocycles. The standard InChI is InChI=1S/C18H35N3/c1-17(2)9-5-6-10-18(17,15-19)21-13-11-20(12-14-21)16-7-3-4-8-16/h16H,3-15,19H2,1-2H3. The third-order valence-electron chi connectivity index (χ3n) is 7.00. The Hall–Kier alpha value is -0.120. The van der Waals surface area contributed by atoms with Crippen molar-refractivity contribution in [1.82, 2.24) is 9.80 Å². The van der Waals surface area contributed by atoms with E-state index in [1.807, 2.05) is 0 Å².